The van der Waals surface area contributed by atoms with Crippen molar-refractivity contribution in [1.82, 2.24) is 0 Å². The molecule has 120 valence electrons. The summed E-state index contributed by atoms with van der Waals surface area (Å²) in [5.41, 5.74) is 1.93. The van der Waals surface area contributed by atoms with Gasteiger partial charge in [0.2, 0.25) is 5.91 Å². The molecule has 0 fully saturated rings. The van der Waals surface area contributed by atoms with E-state index in [-0.39, 0.29) is 11.7 Å². The van der Waals surface area contributed by atoms with E-state index in [1.165, 1.54) is 20.1 Å². The van der Waals surface area contributed by atoms with Gasteiger partial charge < -0.3 is 25.8 Å². The van der Waals surface area contributed by atoms with Crippen molar-refractivity contribution in [1.29, 1.82) is 0 Å². The molecule has 0 saturated heterocycles. The van der Waals surface area contributed by atoms with Gasteiger partial charge in [0.05, 0.1) is 12.8 Å². The summed E-state index contributed by atoms with van der Waals surface area (Å²) in [6.45, 7) is 1.45. The van der Waals surface area contributed by atoms with E-state index in [1.54, 1.807) is 36.4 Å². The van der Waals surface area contributed by atoms with Crippen LogP contribution >= 0.6 is 12.2 Å². The normalized spacial score (nSPS) is 9.83. The van der Waals surface area contributed by atoms with Crippen LogP contribution in [0.1, 0.15) is 6.92 Å². The summed E-state index contributed by atoms with van der Waals surface area (Å²) in [5, 5.41) is 18.8. The van der Waals surface area contributed by atoms with Crippen molar-refractivity contribution in [2.24, 2.45) is 0 Å². The zero-order valence-electron chi connectivity index (χ0n) is 12.7. The summed E-state index contributed by atoms with van der Waals surface area (Å²) in [5.74, 6) is 0.466. The first-order chi connectivity index (χ1) is 11.0. The molecule has 0 aliphatic heterocycles. The van der Waals surface area contributed by atoms with Crippen molar-refractivity contribution in [2.75, 3.05) is 23.1 Å². The molecular formula is C16H17N3O3S. The number of aromatic hydroxyl groups is 1. The summed E-state index contributed by atoms with van der Waals surface area (Å²) in [4.78, 5) is 11.0. The average molecular weight is 331 g/mol. The highest BCUT2D eigenvalue weighted by atomic mass is 32.1. The van der Waals surface area contributed by atoms with Crippen LogP contribution in [0.4, 0.5) is 17.1 Å². The van der Waals surface area contributed by atoms with Crippen LogP contribution < -0.4 is 20.7 Å². The molecule has 0 spiro atoms. The molecule has 2 aromatic rings. The fourth-order valence-electron chi connectivity index (χ4n) is 1.87. The zero-order chi connectivity index (χ0) is 16.8. The number of thiocarbonyl (C=S) groups is 1. The number of hydrogen-bond acceptors (Lipinski definition) is 4. The number of amides is 1. The monoisotopic (exact) mass is 331 g/mol. The van der Waals surface area contributed by atoms with E-state index in [2.05, 4.69) is 16.0 Å². The highest BCUT2D eigenvalue weighted by Crippen LogP contribution is 2.28. The Balaban J connectivity index is 1.98. The van der Waals surface area contributed by atoms with E-state index in [0.29, 0.717) is 22.2 Å². The number of phenols is 1. The predicted molar refractivity (Wildman–Crippen MR) is 95.2 cm³/mol. The topological polar surface area (TPSA) is 82.6 Å². The number of hydrogen-bond donors (Lipinski definition) is 4. The van der Waals surface area contributed by atoms with Gasteiger partial charge in [-0.15, -0.1) is 0 Å². The maximum atomic E-state index is 11.0. The van der Waals surface area contributed by atoms with Gasteiger partial charge in [-0.3, -0.25) is 4.79 Å². The standard InChI is InChI=1S/C16H17N3O3S/c1-10(20)17-11-3-5-12(6-4-11)18-16(23)19-14-8-7-13(22-2)9-15(14)21/h3-9,21H,1-2H3,(H,17,20)(H2,18,19,23). The number of carbonyl (C=O) groups is 1. The summed E-state index contributed by atoms with van der Waals surface area (Å²) in [6, 6.07) is 12.0. The largest absolute Gasteiger partial charge is 0.506 e. The van der Waals surface area contributed by atoms with Crippen molar-refractivity contribution in [3.63, 3.8) is 0 Å². The van der Waals surface area contributed by atoms with Crippen molar-refractivity contribution >= 4 is 40.3 Å². The Morgan fingerprint density at radius 3 is 2.17 bits per heavy atom. The molecule has 0 aliphatic rings. The Bertz CT molecular complexity index is 717. The van der Waals surface area contributed by atoms with E-state index in [0.717, 1.165) is 5.69 Å². The number of carbonyl (C=O) groups excluding carboxylic acids is 1. The zero-order valence-corrected chi connectivity index (χ0v) is 13.5. The molecule has 0 bridgehead atoms. The third-order valence-electron chi connectivity index (χ3n) is 2.92. The van der Waals surface area contributed by atoms with Crippen molar-refractivity contribution in [3.05, 3.63) is 42.5 Å². The van der Waals surface area contributed by atoms with Crippen molar-refractivity contribution < 1.29 is 14.6 Å². The van der Waals surface area contributed by atoms with Crippen molar-refractivity contribution in [2.45, 2.75) is 6.92 Å². The van der Waals surface area contributed by atoms with Gasteiger partial charge in [-0.25, -0.2) is 0 Å². The third kappa shape index (κ3) is 4.86. The highest BCUT2D eigenvalue weighted by Gasteiger charge is 2.05. The molecule has 0 aromatic heterocycles. The number of ether oxygens (including phenoxy) is 1. The average Bonchev–Trinajstić information content (AvgIpc) is 2.50. The van der Waals surface area contributed by atoms with E-state index in [9.17, 15) is 9.90 Å². The first kappa shape index (κ1) is 16.6. The summed E-state index contributed by atoms with van der Waals surface area (Å²) >= 11 is 5.21. The van der Waals surface area contributed by atoms with Gasteiger partial charge >= 0.3 is 0 Å². The van der Waals surface area contributed by atoms with Crippen LogP contribution in [0, 0.1) is 0 Å². The molecular weight excluding hydrogens is 314 g/mol. The first-order valence-electron chi connectivity index (χ1n) is 6.80. The van der Waals surface area contributed by atoms with E-state index < -0.39 is 0 Å². The molecule has 6 nitrogen and oxygen atoms in total. The summed E-state index contributed by atoms with van der Waals surface area (Å²) in [6.07, 6.45) is 0. The van der Waals surface area contributed by atoms with Crippen LogP contribution in [-0.4, -0.2) is 23.2 Å². The number of nitrogens with one attached hydrogen (secondary N) is 3. The minimum Gasteiger partial charge on any atom is -0.506 e. The number of anilines is 3. The van der Waals surface area contributed by atoms with Crippen LogP contribution in [0.15, 0.2) is 42.5 Å². The molecule has 0 heterocycles. The molecule has 4 N–H and O–H groups in total. The SMILES string of the molecule is COc1ccc(NC(=S)Nc2ccc(NC(C)=O)cc2)c(O)c1. The van der Waals surface area contributed by atoms with Crippen LogP contribution in [0.5, 0.6) is 11.5 Å². The third-order valence-corrected chi connectivity index (χ3v) is 3.12. The lowest BCUT2D eigenvalue weighted by atomic mass is 10.2. The molecule has 2 rings (SSSR count). The second-order valence-corrected chi connectivity index (χ2v) is 5.13. The van der Waals surface area contributed by atoms with Gasteiger partial charge in [0.15, 0.2) is 5.11 Å². The molecule has 0 saturated carbocycles. The molecule has 2 aromatic carbocycles. The predicted octanol–water partition coefficient (Wildman–Crippen LogP) is 3.17. The van der Waals surface area contributed by atoms with E-state index >= 15 is 0 Å². The Labute approximate surface area is 139 Å². The number of phenolic OH excluding ortho intramolecular Hbond substituents is 1. The van der Waals surface area contributed by atoms with E-state index in [1.807, 2.05) is 0 Å². The maximum absolute atomic E-state index is 11.0. The molecule has 23 heavy (non-hydrogen) atoms. The van der Waals surface area contributed by atoms with Gasteiger partial charge in [0.1, 0.15) is 11.5 Å². The van der Waals surface area contributed by atoms with Gasteiger partial charge in [-0.2, -0.15) is 0 Å². The molecule has 0 radical (unpaired) electrons. The van der Waals surface area contributed by atoms with Crippen LogP contribution in [0.2, 0.25) is 0 Å². The molecule has 7 heteroatoms. The summed E-state index contributed by atoms with van der Waals surface area (Å²) < 4.78 is 5.02. The number of rotatable bonds is 4. The Morgan fingerprint density at radius 2 is 1.65 bits per heavy atom. The molecule has 0 aliphatic carbocycles. The first-order valence-corrected chi connectivity index (χ1v) is 7.21. The lowest BCUT2D eigenvalue weighted by Gasteiger charge is -2.13. The quantitative estimate of drug-likeness (QED) is 0.509. The summed E-state index contributed by atoms with van der Waals surface area (Å²) in [7, 11) is 1.53. The van der Waals surface area contributed by atoms with Gasteiger partial charge in [0.25, 0.3) is 0 Å². The fraction of sp³-hybridized carbons (Fsp3) is 0.125. The van der Waals surface area contributed by atoms with Gasteiger partial charge in [0, 0.05) is 24.4 Å². The second kappa shape index (κ2) is 7.46. The number of benzene rings is 2. The van der Waals surface area contributed by atoms with Gasteiger partial charge in [-0.05, 0) is 48.6 Å². The Morgan fingerprint density at radius 1 is 1.04 bits per heavy atom. The van der Waals surface area contributed by atoms with Crippen LogP contribution in [-0.2, 0) is 4.79 Å². The Kier molecular flexibility index (Phi) is 5.37. The highest BCUT2D eigenvalue weighted by molar-refractivity contribution is 7.80. The van der Waals surface area contributed by atoms with Gasteiger partial charge in [-0.1, -0.05) is 0 Å². The smallest absolute Gasteiger partial charge is 0.221 e. The lowest BCUT2D eigenvalue weighted by Crippen LogP contribution is -2.19. The van der Waals surface area contributed by atoms with Crippen LogP contribution in [0.3, 0.4) is 0 Å². The van der Waals surface area contributed by atoms with E-state index in [4.69, 9.17) is 17.0 Å². The Hall–Kier alpha value is -2.80. The lowest BCUT2D eigenvalue weighted by molar-refractivity contribution is -0.114. The molecule has 1 amide bonds. The fourth-order valence-corrected chi connectivity index (χ4v) is 2.10. The maximum Gasteiger partial charge on any atom is 0.221 e. The molecule has 0 unspecified atom stereocenters. The molecule has 0 atom stereocenters. The minimum absolute atomic E-state index is 0.0366. The van der Waals surface area contributed by atoms with Crippen LogP contribution in [0.25, 0.3) is 0 Å². The second-order valence-electron chi connectivity index (χ2n) is 4.72. The number of methoxy groups -OCH3 is 1. The van der Waals surface area contributed by atoms with Crippen molar-refractivity contribution in [3.8, 4) is 11.5 Å². The minimum atomic E-state index is -0.127.